The second kappa shape index (κ2) is 9.57. The van der Waals surface area contributed by atoms with Crippen molar-refractivity contribution in [3.8, 4) is 0 Å². The number of carbonyl (C=O) groups excluding carboxylic acids is 2. The number of benzene rings is 2. The minimum atomic E-state index is -1.55. The molecule has 0 amide bonds. The zero-order valence-corrected chi connectivity index (χ0v) is 17.4. The van der Waals surface area contributed by atoms with Gasteiger partial charge >= 0.3 is 11.9 Å². The van der Waals surface area contributed by atoms with E-state index >= 15 is 0 Å². The molecule has 8 heteroatoms. The van der Waals surface area contributed by atoms with Crippen molar-refractivity contribution < 1.29 is 38.7 Å². The van der Waals surface area contributed by atoms with Gasteiger partial charge in [0, 0.05) is 6.42 Å². The minimum absolute atomic E-state index is 0.00420. The first-order valence-electron chi connectivity index (χ1n) is 9.89. The lowest BCUT2D eigenvalue weighted by Crippen LogP contribution is -2.49. The van der Waals surface area contributed by atoms with E-state index in [0.717, 1.165) is 0 Å². The van der Waals surface area contributed by atoms with Crippen LogP contribution in [0.1, 0.15) is 41.0 Å². The minimum Gasteiger partial charge on any atom is -0.459 e. The lowest BCUT2D eigenvalue weighted by molar-refractivity contribution is -0.287. The van der Waals surface area contributed by atoms with Gasteiger partial charge in [-0.2, -0.15) is 0 Å². The van der Waals surface area contributed by atoms with Crippen LogP contribution in [-0.4, -0.2) is 59.1 Å². The Morgan fingerprint density at radius 2 is 1.42 bits per heavy atom. The predicted octanol–water partition coefficient (Wildman–Crippen LogP) is 2.29. The van der Waals surface area contributed by atoms with Gasteiger partial charge in [0.05, 0.1) is 17.2 Å². The molecule has 0 saturated carbocycles. The molecule has 0 spiro atoms. The second-order valence-corrected chi connectivity index (χ2v) is 7.81. The van der Waals surface area contributed by atoms with Crippen molar-refractivity contribution >= 4 is 11.9 Å². The van der Waals surface area contributed by atoms with Crippen LogP contribution in [0.3, 0.4) is 0 Å². The fourth-order valence-corrected chi connectivity index (χ4v) is 3.17. The van der Waals surface area contributed by atoms with Crippen LogP contribution < -0.4 is 0 Å². The van der Waals surface area contributed by atoms with Crippen molar-refractivity contribution in [2.45, 2.75) is 44.1 Å². The molecule has 1 saturated heterocycles. The molecule has 0 aromatic heterocycles. The van der Waals surface area contributed by atoms with Crippen LogP contribution in [0.2, 0.25) is 0 Å². The molecule has 1 heterocycles. The van der Waals surface area contributed by atoms with Crippen LogP contribution in [0.4, 0.5) is 0 Å². The van der Waals surface area contributed by atoms with Gasteiger partial charge in [0.2, 0.25) is 0 Å². The third kappa shape index (κ3) is 6.11. The summed E-state index contributed by atoms with van der Waals surface area (Å²) < 4.78 is 22.0. The van der Waals surface area contributed by atoms with Crippen molar-refractivity contribution in [2.75, 3.05) is 13.2 Å². The van der Waals surface area contributed by atoms with E-state index in [1.807, 2.05) is 0 Å². The van der Waals surface area contributed by atoms with Gasteiger partial charge in [0.15, 0.2) is 17.7 Å². The van der Waals surface area contributed by atoms with Crippen LogP contribution in [-0.2, 0) is 18.9 Å². The van der Waals surface area contributed by atoms with Crippen LogP contribution in [0, 0.1) is 0 Å². The summed E-state index contributed by atoms with van der Waals surface area (Å²) in [5, 5.41) is 20.6. The molecule has 8 nitrogen and oxygen atoms in total. The standard InChI is InChI=1S/C23H26O8/c1-22(2,27)30-19-13-18(24)23(31-19,14-28-20(25)16-9-5-3-6-10-16)15-29-21(26)17-11-7-4-8-12-17/h3-12,18-19,24,27H,13-15H2,1-2H3/t18-,19+/m1/s1. The Labute approximate surface area is 180 Å². The number of esters is 2. The van der Waals surface area contributed by atoms with Gasteiger partial charge in [-0.05, 0) is 38.1 Å². The largest absolute Gasteiger partial charge is 0.459 e. The van der Waals surface area contributed by atoms with Crippen molar-refractivity contribution in [3.63, 3.8) is 0 Å². The van der Waals surface area contributed by atoms with Crippen molar-refractivity contribution in [1.82, 2.24) is 0 Å². The van der Waals surface area contributed by atoms with Gasteiger partial charge in [0.25, 0.3) is 0 Å². The molecule has 3 rings (SSSR count). The molecule has 1 aliphatic rings. The van der Waals surface area contributed by atoms with Crippen molar-refractivity contribution in [2.24, 2.45) is 0 Å². The fourth-order valence-electron chi connectivity index (χ4n) is 3.17. The predicted molar refractivity (Wildman–Crippen MR) is 109 cm³/mol. The Balaban J connectivity index is 1.73. The molecule has 2 aromatic carbocycles. The summed E-state index contributed by atoms with van der Waals surface area (Å²) in [7, 11) is 0. The van der Waals surface area contributed by atoms with Gasteiger partial charge in [0.1, 0.15) is 13.2 Å². The number of hydrogen-bond donors (Lipinski definition) is 2. The number of aliphatic hydroxyl groups is 2. The summed E-state index contributed by atoms with van der Waals surface area (Å²) in [6, 6.07) is 16.7. The molecule has 1 aliphatic heterocycles. The summed E-state index contributed by atoms with van der Waals surface area (Å²) in [5.74, 6) is -2.74. The molecule has 2 atom stereocenters. The highest BCUT2D eigenvalue weighted by molar-refractivity contribution is 5.89. The quantitative estimate of drug-likeness (QED) is 0.485. The van der Waals surface area contributed by atoms with Crippen molar-refractivity contribution in [3.05, 3.63) is 71.8 Å². The monoisotopic (exact) mass is 430 g/mol. The maximum atomic E-state index is 12.4. The van der Waals surface area contributed by atoms with E-state index in [1.165, 1.54) is 13.8 Å². The fraction of sp³-hybridized carbons (Fsp3) is 0.391. The van der Waals surface area contributed by atoms with Crippen LogP contribution in [0.5, 0.6) is 0 Å². The Bertz CT molecular complexity index is 820. The van der Waals surface area contributed by atoms with E-state index in [2.05, 4.69) is 0 Å². The van der Waals surface area contributed by atoms with E-state index in [-0.39, 0.29) is 19.6 Å². The SMILES string of the molecule is CC(C)(O)O[C@@H]1C[C@@H](O)C(COC(=O)c2ccccc2)(COC(=O)c2ccccc2)O1. The topological polar surface area (TPSA) is 112 Å². The molecular formula is C23H26O8. The normalized spacial score (nSPS) is 20.3. The van der Waals surface area contributed by atoms with E-state index in [9.17, 15) is 19.8 Å². The number of carbonyl (C=O) groups is 2. The Morgan fingerprint density at radius 1 is 0.968 bits per heavy atom. The Hall–Kier alpha value is -2.78. The Kier molecular flexibility index (Phi) is 7.07. The Morgan fingerprint density at radius 3 is 1.84 bits per heavy atom. The van der Waals surface area contributed by atoms with E-state index < -0.39 is 35.7 Å². The molecule has 0 radical (unpaired) electrons. The van der Waals surface area contributed by atoms with Gasteiger partial charge in [-0.25, -0.2) is 9.59 Å². The zero-order chi connectivity index (χ0) is 22.5. The molecule has 31 heavy (non-hydrogen) atoms. The summed E-state index contributed by atoms with van der Waals surface area (Å²) in [5.41, 5.74) is -0.892. The summed E-state index contributed by atoms with van der Waals surface area (Å²) in [6.07, 6.45) is -2.16. The average Bonchev–Trinajstić information content (AvgIpc) is 3.05. The molecule has 166 valence electrons. The highest BCUT2D eigenvalue weighted by Gasteiger charge is 2.52. The van der Waals surface area contributed by atoms with E-state index in [0.29, 0.717) is 11.1 Å². The van der Waals surface area contributed by atoms with Gasteiger partial charge < -0.3 is 29.2 Å². The summed E-state index contributed by atoms with van der Waals surface area (Å²) >= 11 is 0. The summed E-state index contributed by atoms with van der Waals surface area (Å²) in [6.45, 7) is 2.09. The molecule has 2 aromatic rings. The summed E-state index contributed by atoms with van der Waals surface area (Å²) in [4.78, 5) is 24.8. The first-order chi connectivity index (χ1) is 14.7. The third-order valence-corrected chi connectivity index (χ3v) is 4.72. The highest BCUT2D eigenvalue weighted by Crippen LogP contribution is 2.34. The maximum absolute atomic E-state index is 12.4. The first-order valence-corrected chi connectivity index (χ1v) is 9.89. The molecule has 0 aliphatic carbocycles. The number of aliphatic hydroxyl groups excluding tert-OH is 1. The van der Waals surface area contributed by atoms with Crippen LogP contribution in [0.25, 0.3) is 0 Å². The number of ether oxygens (including phenoxy) is 4. The smallest absolute Gasteiger partial charge is 0.338 e. The number of rotatable bonds is 8. The molecule has 0 unspecified atom stereocenters. The second-order valence-electron chi connectivity index (χ2n) is 7.81. The number of hydrogen-bond acceptors (Lipinski definition) is 8. The zero-order valence-electron chi connectivity index (χ0n) is 17.4. The lowest BCUT2D eigenvalue weighted by Gasteiger charge is -2.31. The van der Waals surface area contributed by atoms with Gasteiger partial charge in [-0.1, -0.05) is 36.4 Å². The van der Waals surface area contributed by atoms with Gasteiger partial charge in [-0.3, -0.25) is 0 Å². The lowest BCUT2D eigenvalue weighted by atomic mass is 9.98. The third-order valence-electron chi connectivity index (χ3n) is 4.72. The molecule has 2 N–H and O–H groups in total. The van der Waals surface area contributed by atoms with Crippen LogP contribution >= 0.6 is 0 Å². The molecule has 0 bridgehead atoms. The first kappa shape index (κ1) is 22.9. The van der Waals surface area contributed by atoms with E-state index in [4.69, 9.17) is 18.9 Å². The van der Waals surface area contributed by atoms with Gasteiger partial charge in [-0.15, -0.1) is 0 Å². The molecular weight excluding hydrogens is 404 g/mol. The van der Waals surface area contributed by atoms with Crippen molar-refractivity contribution in [1.29, 1.82) is 0 Å². The molecule has 1 fully saturated rings. The van der Waals surface area contributed by atoms with E-state index in [1.54, 1.807) is 60.7 Å². The van der Waals surface area contributed by atoms with Crippen LogP contribution in [0.15, 0.2) is 60.7 Å². The average molecular weight is 430 g/mol. The highest BCUT2D eigenvalue weighted by atomic mass is 16.8. The maximum Gasteiger partial charge on any atom is 0.338 e.